The quantitative estimate of drug-likeness (QED) is 0.618. The lowest BCUT2D eigenvalue weighted by molar-refractivity contribution is -0.163. The van der Waals surface area contributed by atoms with Crippen LogP contribution in [-0.2, 0) is 9.63 Å². The maximum atomic E-state index is 12.2. The minimum atomic E-state index is -0.641. The third-order valence-corrected chi connectivity index (χ3v) is 5.61. The highest BCUT2D eigenvalue weighted by Crippen LogP contribution is 2.29. The van der Waals surface area contributed by atoms with E-state index in [1.54, 1.807) is 43.2 Å². The molecule has 0 spiro atoms. The van der Waals surface area contributed by atoms with Gasteiger partial charge in [-0.3, -0.25) is 9.69 Å². The monoisotopic (exact) mass is 430 g/mol. The van der Waals surface area contributed by atoms with Gasteiger partial charge >= 0.3 is 6.09 Å². The smallest absolute Gasteiger partial charge is 0.435 e. The van der Waals surface area contributed by atoms with Crippen molar-refractivity contribution in [2.75, 3.05) is 39.3 Å². The van der Waals surface area contributed by atoms with E-state index in [0.29, 0.717) is 49.2 Å². The number of carbonyl (C=O) groups excluding carboxylic acids is 2. The van der Waals surface area contributed by atoms with Crippen LogP contribution in [0.5, 0.6) is 5.75 Å². The van der Waals surface area contributed by atoms with Crippen molar-refractivity contribution in [3.8, 4) is 11.8 Å². The molecule has 2 fully saturated rings. The summed E-state index contributed by atoms with van der Waals surface area (Å²) < 4.78 is 5.63. The average molecular weight is 431 g/mol. The Morgan fingerprint density at radius 3 is 2.45 bits per heavy atom. The molecule has 0 radical (unpaired) electrons. The Bertz CT molecular complexity index is 780. The van der Waals surface area contributed by atoms with Crippen molar-refractivity contribution >= 4 is 12.5 Å². The number of imide groups is 1. The Labute approximate surface area is 182 Å². The normalized spacial score (nSPS) is 22.4. The second-order valence-corrected chi connectivity index (χ2v) is 8.60. The number of β-amino-alcohol motifs (C(OH)–C–C–N with tert-alkyl or cyclic N) is 1. The summed E-state index contributed by atoms with van der Waals surface area (Å²) in [5.41, 5.74) is 0.565. The van der Waals surface area contributed by atoms with E-state index in [4.69, 9.17) is 14.8 Å². The maximum Gasteiger partial charge on any atom is 0.435 e. The minimum absolute atomic E-state index is 0.179. The van der Waals surface area contributed by atoms with Crippen molar-refractivity contribution < 1.29 is 24.3 Å². The molecule has 168 valence electrons. The van der Waals surface area contributed by atoms with Crippen molar-refractivity contribution in [2.24, 2.45) is 11.8 Å². The molecular weight excluding hydrogens is 400 g/mol. The molecule has 2 aliphatic rings. The molecule has 1 N–H and O–H groups in total. The summed E-state index contributed by atoms with van der Waals surface area (Å²) in [5.74, 6) is 1.28. The van der Waals surface area contributed by atoms with Gasteiger partial charge in [0.15, 0.2) is 0 Å². The number of likely N-dealkylation sites (tertiary alicyclic amines) is 1. The lowest BCUT2D eigenvalue weighted by Crippen LogP contribution is -2.55. The molecule has 2 aliphatic heterocycles. The second-order valence-electron chi connectivity index (χ2n) is 8.60. The molecule has 2 amide bonds. The van der Waals surface area contributed by atoms with Crippen molar-refractivity contribution in [1.29, 1.82) is 5.26 Å². The largest absolute Gasteiger partial charge is 0.491 e. The average Bonchev–Trinajstić information content (AvgIpc) is 2.72. The number of fused-ring (bicyclic) bond motifs is 2. The number of nitrogens with zero attached hydrogens (tertiary/aromatic N) is 4. The van der Waals surface area contributed by atoms with Crippen LogP contribution >= 0.6 is 0 Å². The Hall–Kier alpha value is -2.67. The van der Waals surface area contributed by atoms with Crippen LogP contribution in [0.2, 0.25) is 0 Å². The van der Waals surface area contributed by atoms with Crippen molar-refractivity contribution in [3.05, 3.63) is 29.8 Å². The number of rotatable bonds is 8. The first-order valence-electron chi connectivity index (χ1n) is 10.6. The molecule has 1 aromatic carbocycles. The summed E-state index contributed by atoms with van der Waals surface area (Å²) in [5, 5.41) is 20.9. The van der Waals surface area contributed by atoms with E-state index >= 15 is 0 Å². The molecule has 2 saturated heterocycles. The highest BCUT2D eigenvalue weighted by Gasteiger charge is 2.37. The number of aliphatic hydroxyl groups is 1. The number of piperidine rings is 2. The van der Waals surface area contributed by atoms with Gasteiger partial charge in [-0.1, -0.05) is 0 Å². The first kappa shape index (κ1) is 23.0. The Morgan fingerprint density at radius 1 is 1.26 bits per heavy atom. The van der Waals surface area contributed by atoms with E-state index < -0.39 is 12.2 Å². The Kier molecular flexibility index (Phi) is 7.85. The number of carbonyl (C=O) groups is 2. The van der Waals surface area contributed by atoms with Crippen molar-refractivity contribution in [2.45, 2.75) is 32.4 Å². The number of benzene rings is 1. The lowest BCUT2D eigenvalue weighted by Gasteiger charge is -2.45. The molecule has 1 aromatic rings. The zero-order valence-electron chi connectivity index (χ0n) is 18.0. The SMILES string of the molecule is CC(C)N(C=O)C(=O)ON1CC2CC(CN(CC(O)COc3ccc(C#N)cc3)C2)C1. The highest BCUT2D eigenvalue weighted by atomic mass is 16.7. The van der Waals surface area contributed by atoms with Gasteiger partial charge in [0.25, 0.3) is 0 Å². The van der Waals surface area contributed by atoms with Gasteiger partial charge in [-0.25, -0.2) is 9.69 Å². The van der Waals surface area contributed by atoms with E-state index in [0.717, 1.165) is 24.4 Å². The van der Waals surface area contributed by atoms with E-state index in [9.17, 15) is 14.7 Å². The van der Waals surface area contributed by atoms with Crippen LogP contribution < -0.4 is 4.74 Å². The first-order valence-corrected chi connectivity index (χ1v) is 10.6. The van der Waals surface area contributed by atoms with Gasteiger partial charge in [-0.05, 0) is 56.4 Å². The van der Waals surface area contributed by atoms with Crippen LogP contribution in [-0.4, -0.2) is 83.9 Å². The van der Waals surface area contributed by atoms with Gasteiger partial charge in [0.1, 0.15) is 18.5 Å². The van der Waals surface area contributed by atoms with Crippen molar-refractivity contribution in [3.63, 3.8) is 0 Å². The first-order chi connectivity index (χ1) is 14.9. The predicted molar refractivity (Wildman–Crippen MR) is 112 cm³/mol. The maximum absolute atomic E-state index is 12.2. The lowest BCUT2D eigenvalue weighted by atomic mass is 9.85. The molecule has 3 rings (SSSR count). The Balaban J connectivity index is 1.43. The highest BCUT2D eigenvalue weighted by molar-refractivity contribution is 5.80. The predicted octanol–water partition coefficient (Wildman–Crippen LogP) is 1.47. The fourth-order valence-corrected chi connectivity index (χ4v) is 4.27. The summed E-state index contributed by atoms with van der Waals surface area (Å²) >= 11 is 0. The van der Waals surface area contributed by atoms with Crippen molar-refractivity contribution in [1.82, 2.24) is 14.9 Å². The van der Waals surface area contributed by atoms with Crippen LogP contribution in [0.3, 0.4) is 0 Å². The molecule has 31 heavy (non-hydrogen) atoms. The van der Waals surface area contributed by atoms with Gasteiger partial charge in [0.05, 0.1) is 11.6 Å². The van der Waals surface area contributed by atoms with Crippen LogP contribution in [0.1, 0.15) is 25.8 Å². The third-order valence-electron chi connectivity index (χ3n) is 5.61. The van der Waals surface area contributed by atoms with E-state index in [2.05, 4.69) is 11.0 Å². The minimum Gasteiger partial charge on any atom is -0.491 e. The summed E-state index contributed by atoms with van der Waals surface area (Å²) in [6.45, 7) is 7.04. The van der Waals surface area contributed by atoms with Gasteiger partial charge in [0, 0.05) is 38.8 Å². The van der Waals surface area contributed by atoms with Gasteiger partial charge in [0.2, 0.25) is 6.41 Å². The summed E-state index contributed by atoms with van der Waals surface area (Å²) in [6.07, 6.45) is 0.290. The molecule has 9 nitrogen and oxygen atoms in total. The number of hydrogen-bond acceptors (Lipinski definition) is 8. The molecule has 0 aliphatic carbocycles. The van der Waals surface area contributed by atoms with Crippen LogP contribution in [0.15, 0.2) is 24.3 Å². The molecule has 3 atom stereocenters. The number of nitriles is 1. The number of aliphatic hydroxyl groups excluding tert-OH is 1. The van der Waals surface area contributed by atoms with Crippen LogP contribution in [0.4, 0.5) is 4.79 Å². The molecular formula is C22H30N4O5. The molecule has 9 heteroatoms. The van der Waals surface area contributed by atoms with E-state index in [1.807, 2.05) is 0 Å². The Morgan fingerprint density at radius 2 is 1.90 bits per heavy atom. The van der Waals surface area contributed by atoms with Gasteiger partial charge in [-0.2, -0.15) is 5.26 Å². The van der Waals surface area contributed by atoms with Gasteiger partial charge < -0.3 is 14.7 Å². The third kappa shape index (κ3) is 6.40. The zero-order valence-corrected chi connectivity index (χ0v) is 18.0. The molecule has 3 unspecified atom stereocenters. The standard InChI is InChI=1S/C22H30N4O5/c1-16(2)26(15-27)22(29)31-25-11-18-7-19(12-25)10-24(9-18)13-20(28)14-30-21-5-3-17(8-23)4-6-21/h3-6,15-16,18-20,28H,7,9-14H2,1-2H3. The topological polar surface area (TPSA) is 106 Å². The fraction of sp³-hybridized carbons (Fsp3) is 0.591. The number of ether oxygens (including phenoxy) is 1. The van der Waals surface area contributed by atoms with Gasteiger partial charge in [-0.15, -0.1) is 5.06 Å². The second kappa shape index (κ2) is 10.6. The summed E-state index contributed by atoms with van der Waals surface area (Å²) in [7, 11) is 0. The molecule has 2 heterocycles. The number of hydroxylamine groups is 2. The molecule has 0 aromatic heterocycles. The summed E-state index contributed by atoms with van der Waals surface area (Å²) in [6, 6.07) is 8.61. The number of hydrogen-bond donors (Lipinski definition) is 1. The summed E-state index contributed by atoms with van der Waals surface area (Å²) in [4.78, 5) is 32.0. The van der Waals surface area contributed by atoms with E-state index in [1.165, 1.54) is 0 Å². The van der Waals surface area contributed by atoms with E-state index in [-0.39, 0.29) is 12.6 Å². The fourth-order valence-electron chi connectivity index (χ4n) is 4.27. The zero-order chi connectivity index (χ0) is 22.4. The van der Waals surface area contributed by atoms with Crippen LogP contribution in [0.25, 0.3) is 0 Å². The molecule has 2 bridgehead atoms. The molecule has 0 saturated carbocycles. The number of amides is 2. The van der Waals surface area contributed by atoms with Crippen LogP contribution in [0, 0.1) is 23.2 Å².